The van der Waals surface area contributed by atoms with Crippen molar-refractivity contribution in [1.29, 1.82) is 0 Å². The molecular weight excluding hydrogens is 260 g/mol. The lowest BCUT2D eigenvalue weighted by Crippen LogP contribution is -2.46. The Bertz CT molecular complexity index is 417. The van der Waals surface area contributed by atoms with Crippen LogP contribution in [0, 0.1) is 0 Å². The maximum absolute atomic E-state index is 11.8. The molecule has 0 aliphatic heterocycles. The zero-order valence-electron chi connectivity index (χ0n) is 11.9. The Kier molecular flexibility index (Phi) is 6.63. The molecule has 0 aliphatic carbocycles. The van der Waals surface area contributed by atoms with Gasteiger partial charge in [0.15, 0.2) is 0 Å². The van der Waals surface area contributed by atoms with Crippen molar-refractivity contribution in [3.05, 3.63) is 24.2 Å². The van der Waals surface area contributed by atoms with E-state index in [4.69, 9.17) is 9.52 Å². The SMILES string of the molecule is CCCC(CC(=O)O)NC(=O)NC(C)Cc1ccco1. The Hall–Kier alpha value is -1.98. The number of amides is 2. The molecule has 1 aromatic heterocycles. The topological polar surface area (TPSA) is 91.6 Å². The minimum absolute atomic E-state index is 0.0617. The largest absolute Gasteiger partial charge is 0.481 e. The number of furan rings is 1. The van der Waals surface area contributed by atoms with E-state index < -0.39 is 5.97 Å². The van der Waals surface area contributed by atoms with Crippen molar-refractivity contribution in [2.75, 3.05) is 0 Å². The van der Waals surface area contributed by atoms with Gasteiger partial charge in [0.2, 0.25) is 0 Å². The Morgan fingerprint density at radius 1 is 1.40 bits per heavy atom. The van der Waals surface area contributed by atoms with Crippen molar-refractivity contribution < 1.29 is 19.1 Å². The molecule has 0 saturated carbocycles. The molecule has 0 aliphatic rings. The van der Waals surface area contributed by atoms with Crippen LogP contribution < -0.4 is 10.6 Å². The van der Waals surface area contributed by atoms with E-state index in [-0.39, 0.29) is 24.5 Å². The quantitative estimate of drug-likeness (QED) is 0.681. The zero-order valence-corrected chi connectivity index (χ0v) is 11.9. The highest BCUT2D eigenvalue weighted by atomic mass is 16.4. The molecule has 20 heavy (non-hydrogen) atoms. The second kappa shape index (κ2) is 8.24. The van der Waals surface area contributed by atoms with Gasteiger partial charge in [-0.05, 0) is 25.5 Å². The third-order valence-electron chi connectivity index (χ3n) is 2.86. The van der Waals surface area contributed by atoms with E-state index in [0.29, 0.717) is 12.8 Å². The van der Waals surface area contributed by atoms with E-state index in [1.807, 2.05) is 19.9 Å². The summed E-state index contributed by atoms with van der Waals surface area (Å²) in [5.41, 5.74) is 0. The summed E-state index contributed by atoms with van der Waals surface area (Å²) in [6, 6.07) is 2.87. The molecular formula is C14H22N2O4. The lowest BCUT2D eigenvalue weighted by Gasteiger charge is -2.19. The first-order valence-corrected chi connectivity index (χ1v) is 6.82. The molecule has 0 saturated heterocycles. The number of carboxylic acids is 1. The van der Waals surface area contributed by atoms with Gasteiger partial charge in [-0.3, -0.25) is 4.79 Å². The van der Waals surface area contributed by atoms with Crippen molar-refractivity contribution in [3.8, 4) is 0 Å². The van der Waals surface area contributed by atoms with E-state index in [9.17, 15) is 9.59 Å². The van der Waals surface area contributed by atoms with E-state index in [1.165, 1.54) is 0 Å². The maximum atomic E-state index is 11.8. The number of nitrogens with one attached hydrogen (secondary N) is 2. The molecule has 112 valence electrons. The molecule has 0 radical (unpaired) electrons. The van der Waals surface area contributed by atoms with Gasteiger partial charge in [0, 0.05) is 18.5 Å². The molecule has 6 heteroatoms. The molecule has 0 aromatic carbocycles. The molecule has 1 heterocycles. The molecule has 2 unspecified atom stereocenters. The summed E-state index contributed by atoms with van der Waals surface area (Å²) in [7, 11) is 0. The Morgan fingerprint density at radius 2 is 2.15 bits per heavy atom. The van der Waals surface area contributed by atoms with Crippen LogP contribution in [-0.2, 0) is 11.2 Å². The van der Waals surface area contributed by atoms with Crippen molar-refractivity contribution in [1.82, 2.24) is 10.6 Å². The second-order valence-electron chi connectivity index (χ2n) is 4.89. The van der Waals surface area contributed by atoms with Crippen molar-refractivity contribution in [2.45, 2.75) is 51.6 Å². The summed E-state index contributed by atoms with van der Waals surface area (Å²) in [4.78, 5) is 22.5. The Balaban J connectivity index is 2.38. The first-order chi connectivity index (χ1) is 9.51. The van der Waals surface area contributed by atoms with E-state index in [0.717, 1.165) is 12.2 Å². The minimum atomic E-state index is -0.910. The van der Waals surface area contributed by atoms with Crippen LogP contribution in [0.4, 0.5) is 4.79 Å². The van der Waals surface area contributed by atoms with Crippen LogP contribution >= 0.6 is 0 Å². The van der Waals surface area contributed by atoms with Gasteiger partial charge < -0.3 is 20.2 Å². The molecule has 0 spiro atoms. The van der Waals surface area contributed by atoms with Crippen LogP contribution in [0.15, 0.2) is 22.8 Å². The van der Waals surface area contributed by atoms with Gasteiger partial charge in [0.1, 0.15) is 5.76 Å². The van der Waals surface area contributed by atoms with Crippen LogP contribution in [0.5, 0.6) is 0 Å². The summed E-state index contributed by atoms with van der Waals surface area (Å²) in [6.45, 7) is 3.82. The number of carboxylic acid groups (broad SMARTS) is 1. The molecule has 0 fully saturated rings. The Morgan fingerprint density at radius 3 is 2.70 bits per heavy atom. The fourth-order valence-corrected chi connectivity index (χ4v) is 2.02. The predicted octanol–water partition coefficient (Wildman–Crippen LogP) is 2.15. The van der Waals surface area contributed by atoms with Gasteiger partial charge in [-0.25, -0.2) is 4.79 Å². The van der Waals surface area contributed by atoms with Crippen molar-refractivity contribution in [2.24, 2.45) is 0 Å². The Labute approximate surface area is 118 Å². The second-order valence-corrected chi connectivity index (χ2v) is 4.89. The van der Waals surface area contributed by atoms with Crippen LogP contribution in [0.3, 0.4) is 0 Å². The number of hydrogen-bond donors (Lipinski definition) is 3. The highest BCUT2D eigenvalue weighted by molar-refractivity contribution is 5.76. The number of hydrogen-bond acceptors (Lipinski definition) is 3. The van der Waals surface area contributed by atoms with Gasteiger partial charge >= 0.3 is 12.0 Å². The van der Waals surface area contributed by atoms with Gasteiger partial charge in [0.25, 0.3) is 0 Å². The molecule has 2 atom stereocenters. The molecule has 1 rings (SSSR count). The molecule has 3 N–H and O–H groups in total. The van der Waals surface area contributed by atoms with Crippen LogP contribution in [0.2, 0.25) is 0 Å². The molecule has 6 nitrogen and oxygen atoms in total. The number of carbonyl (C=O) groups excluding carboxylic acids is 1. The van der Waals surface area contributed by atoms with Gasteiger partial charge in [-0.15, -0.1) is 0 Å². The normalized spacial score (nSPS) is 13.5. The lowest BCUT2D eigenvalue weighted by molar-refractivity contribution is -0.137. The highest BCUT2D eigenvalue weighted by Gasteiger charge is 2.16. The first-order valence-electron chi connectivity index (χ1n) is 6.82. The van der Waals surface area contributed by atoms with Crippen molar-refractivity contribution in [3.63, 3.8) is 0 Å². The highest BCUT2D eigenvalue weighted by Crippen LogP contribution is 2.05. The molecule has 2 amide bonds. The third kappa shape index (κ3) is 6.26. The standard InChI is InChI=1S/C14H22N2O4/c1-3-5-11(9-13(17)18)16-14(19)15-10(2)8-12-6-4-7-20-12/h4,6-7,10-11H,3,5,8-9H2,1-2H3,(H,17,18)(H2,15,16,19). The average Bonchev–Trinajstić information content (AvgIpc) is 2.80. The number of carbonyl (C=O) groups is 2. The molecule has 0 bridgehead atoms. The average molecular weight is 282 g/mol. The van der Waals surface area contributed by atoms with Crippen molar-refractivity contribution >= 4 is 12.0 Å². The summed E-state index contributed by atoms with van der Waals surface area (Å²) in [6.07, 6.45) is 3.59. The smallest absolute Gasteiger partial charge is 0.315 e. The summed E-state index contributed by atoms with van der Waals surface area (Å²) >= 11 is 0. The van der Waals surface area contributed by atoms with Crippen LogP contribution in [0.25, 0.3) is 0 Å². The van der Waals surface area contributed by atoms with E-state index in [2.05, 4.69) is 10.6 Å². The molecule has 1 aromatic rings. The van der Waals surface area contributed by atoms with E-state index in [1.54, 1.807) is 12.3 Å². The zero-order chi connectivity index (χ0) is 15.0. The van der Waals surface area contributed by atoms with Gasteiger partial charge in [0.05, 0.1) is 12.7 Å². The first kappa shape index (κ1) is 16.1. The van der Waals surface area contributed by atoms with Gasteiger partial charge in [-0.2, -0.15) is 0 Å². The number of urea groups is 1. The van der Waals surface area contributed by atoms with Crippen LogP contribution in [-0.4, -0.2) is 29.2 Å². The predicted molar refractivity (Wildman–Crippen MR) is 74.5 cm³/mol. The number of aliphatic carboxylic acids is 1. The van der Waals surface area contributed by atoms with Gasteiger partial charge in [-0.1, -0.05) is 13.3 Å². The van der Waals surface area contributed by atoms with E-state index >= 15 is 0 Å². The van der Waals surface area contributed by atoms with Crippen LogP contribution in [0.1, 0.15) is 38.9 Å². The number of rotatable bonds is 8. The third-order valence-corrected chi connectivity index (χ3v) is 2.86. The maximum Gasteiger partial charge on any atom is 0.315 e. The summed E-state index contributed by atoms with van der Waals surface area (Å²) < 4.78 is 5.21. The summed E-state index contributed by atoms with van der Waals surface area (Å²) in [5.74, 6) is -0.110. The fourth-order valence-electron chi connectivity index (χ4n) is 2.02. The fraction of sp³-hybridized carbons (Fsp3) is 0.571. The minimum Gasteiger partial charge on any atom is -0.481 e. The lowest BCUT2D eigenvalue weighted by atomic mass is 10.1. The monoisotopic (exact) mass is 282 g/mol. The summed E-state index contributed by atoms with van der Waals surface area (Å²) in [5, 5.41) is 14.3.